The Bertz CT molecular complexity index is 224. The maximum atomic E-state index is 5.31. The number of allylic oxidation sites excluding steroid dienone is 4. The third kappa shape index (κ3) is 3.38. The molecule has 0 bridgehead atoms. The number of nitrogens with zero attached hydrogens (tertiary/aromatic N) is 1. The average Bonchev–Trinajstić information content (AvgIpc) is 2.25. The van der Waals surface area contributed by atoms with Gasteiger partial charge in [0.1, 0.15) is 0 Å². The molecule has 1 aliphatic heterocycles. The van der Waals surface area contributed by atoms with Crippen molar-refractivity contribution in [3.05, 3.63) is 36.6 Å². The van der Waals surface area contributed by atoms with Gasteiger partial charge in [-0.25, -0.2) is 0 Å². The third-order valence-electron chi connectivity index (χ3n) is 2.19. The molecule has 0 N–H and O–H groups in total. The summed E-state index contributed by atoms with van der Waals surface area (Å²) in [4.78, 5) is 2.33. The van der Waals surface area contributed by atoms with Crippen LogP contribution in [0.2, 0.25) is 0 Å². The van der Waals surface area contributed by atoms with Gasteiger partial charge in [-0.1, -0.05) is 25.7 Å². The number of morpholine rings is 1. The normalized spacial score (nSPS) is 18.9. The van der Waals surface area contributed by atoms with Crippen molar-refractivity contribution in [1.29, 1.82) is 0 Å². The monoisotopic (exact) mass is 193 g/mol. The van der Waals surface area contributed by atoms with Crippen LogP contribution >= 0.6 is 0 Å². The molecule has 14 heavy (non-hydrogen) atoms. The molecule has 2 heteroatoms. The zero-order valence-electron chi connectivity index (χ0n) is 8.91. The summed E-state index contributed by atoms with van der Waals surface area (Å²) in [7, 11) is 0. The second kappa shape index (κ2) is 6.44. The van der Waals surface area contributed by atoms with Crippen molar-refractivity contribution in [3.8, 4) is 0 Å². The molecule has 2 nitrogen and oxygen atoms in total. The predicted octanol–water partition coefficient (Wildman–Crippen LogP) is 2.35. The van der Waals surface area contributed by atoms with Gasteiger partial charge in [-0.15, -0.1) is 0 Å². The molecule has 0 unspecified atom stereocenters. The molecule has 1 aliphatic rings. The molecular weight excluding hydrogens is 174 g/mol. The van der Waals surface area contributed by atoms with Crippen LogP contribution in [0.3, 0.4) is 0 Å². The second-order valence-electron chi connectivity index (χ2n) is 3.24. The van der Waals surface area contributed by atoms with Crippen molar-refractivity contribution in [1.82, 2.24) is 4.90 Å². The molecular formula is C12H19NO. The summed E-state index contributed by atoms with van der Waals surface area (Å²) in [6.45, 7) is 9.49. The Morgan fingerprint density at radius 3 is 2.71 bits per heavy atom. The molecule has 0 aromatic rings. The summed E-state index contributed by atoms with van der Waals surface area (Å²) in [5.41, 5.74) is 1.24. The van der Waals surface area contributed by atoms with E-state index in [-0.39, 0.29) is 0 Å². The van der Waals surface area contributed by atoms with Crippen molar-refractivity contribution in [3.63, 3.8) is 0 Å². The first-order valence-corrected chi connectivity index (χ1v) is 5.20. The summed E-state index contributed by atoms with van der Waals surface area (Å²) in [5, 5.41) is 0. The van der Waals surface area contributed by atoms with Gasteiger partial charge in [0.25, 0.3) is 0 Å². The molecule has 0 aromatic carbocycles. The zero-order valence-corrected chi connectivity index (χ0v) is 8.91. The van der Waals surface area contributed by atoms with Crippen LogP contribution in [0.4, 0.5) is 0 Å². The van der Waals surface area contributed by atoms with E-state index in [1.807, 2.05) is 6.08 Å². The highest BCUT2D eigenvalue weighted by atomic mass is 16.5. The Labute approximate surface area is 86.6 Å². The summed E-state index contributed by atoms with van der Waals surface area (Å²) < 4.78 is 5.31. The van der Waals surface area contributed by atoms with Crippen LogP contribution in [0.25, 0.3) is 0 Å². The van der Waals surface area contributed by atoms with Crippen molar-refractivity contribution in [2.45, 2.75) is 13.3 Å². The maximum Gasteiger partial charge on any atom is 0.0642 e. The highest BCUT2D eigenvalue weighted by molar-refractivity contribution is 5.22. The smallest absolute Gasteiger partial charge is 0.0642 e. The maximum absolute atomic E-state index is 5.31. The van der Waals surface area contributed by atoms with Gasteiger partial charge in [-0.3, -0.25) is 0 Å². The van der Waals surface area contributed by atoms with E-state index in [1.54, 1.807) is 0 Å². The molecule has 0 spiro atoms. The van der Waals surface area contributed by atoms with Crippen LogP contribution in [0.15, 0.2) is 36.6 Å². The fourth-order valence-corrected chi connectivity index (χ4v) is 1.45. The van der Waals surface area contributed by atoms with Gasteiger partial charge in [0, 0.05) is 18.8 Å². The Morgan fingerprint density at radius 1 is 1.43 bits per heavy atom. The van der Waals surface area contributed by atoms with Crippen LogP contribution < -0.4 is 0 Å². The molecule has 78 valence electrons. The van der Waals surface area contributed by atoms with Crippen molar-refractivity contribution < 1.29 is 4.74 Å². The van der Waals surface area contributed by atoms with Crippen LogP contribution in [0.5, 0.6) is 0 Å². The lowest BCUT2D eigenvalue weighted by Crippen LogP contribution is -2.35. The zero-order chi connectivity index (χ0) is 10.2. The number of hydrogen-bond donors (Lipinski definition) is 0. The van der Waals surface area contributed by atoms with Gasteiger partial charge in [-0.05, 0) is 18.6 Å². The summed E-state index contributed by atoms with van der Waals surface area (Å²) >= 11 is 0. The lowest BCUT2D eigenvalue weighted by molar-refractivity contribution is 0.0554. The Balaban J connectivity index is 2.60. The quantitative estimate of drug-likeness (QED) is 0.635. The largest absolute Gasteiger partial charge is 0.378 e. The summed E-state index contributed by atoms with van der Waals surface area (Å²) in [6.07, 6.45) is 9.29. The lowest BCUT2D eigenvalue weighted by atomic mass is 10.2. The van der Waals surface area contributed by atoms with E-state index < -0.39 is 0 Å². The molecule has 0 aliphatic carbocycles. The second-order valence-corrected chi connectivity index (χ2v) is 3.24. The van der Waals surface area contributed by atoms with Crippen molar-refractivity contribution in [2.75, 3.05) is 26.3 Å². The van der Waals surface area contributed by atoms with E-state index >= 15 is 0 Å². The highest BCUT2D eigenvalue weighted by Crippen LogP contribution is 2.09. The standard InChI is InChI=1S/C12H19NO/c1-3-5-7-12(6-4-2)13-8-10-14-11-9-13/h4-7H,2-3,8-11H2,1H3/b7-5-,12-6+. The minimum Gasteiger partial charge on any atom is -0.378 e. The number of rotatable bonds is 4. The van der Waals surface area contributed by atoms with E-state index in [2.05, 4.69) is 36.6 Å². The molecule has 0 amide bonds. The first kappa shape index (κ1) is 11.1. The van der Waals surface area contributed by atoms with Crippen molar-refractivity contribution in [2.24, 2.45) is 0 Å². The van der Waals surface area contributed by atoms with Crippen LogP contribution in [0.1, 0.15) is 13.3 Å². The molecule has 1 saturated heterocycles. The number of ether oxygens (including phenoxy) is 1. The SMILES string of the molecule is C=C/C=C(\C=C/CC)N1CCOCC1. The molecule has 0 radical (unpaired) electrons. The summed E-state index contributed by atoms with van der Waals surface area (Å²) in [6, 6.07) is 0. The van der Waals surface area contributed by atoms with Crippen LogP contribution in [-0.2, 0) is 4.74 Å². The summed E-state index contributed by atoms with van der Waals surface area (Å²) in [5.74, 6) is 0. The van der Waals surface area contributed by atoms with Gasteiger partial charge in [0.2, 0.25) is 0 Å². The lowest BCUT2D eigenvalue weighted by Gasteiger charge is -2.29. The predicted molar refractivity (Wildman–Crippen MR) is 60.1 cm³/mol. The molecule has 0 saturated carbocycles. The van der Waals surface area contributed by atoms with Gasteiger partial charge < -0.3 is 9.64 Å². The van der Waals surface area contributed by atoms with E-state index in [4.69, 9.17) is 4.74 Å². The van der Waals surface area contributed by atoms with E-state index in [0.29, 0.717) is 0 Å². The van der Waals surface area contributed by atoms with Crippen LogP contribution in [-0.4, -0.2) is 31.2 Å². The van der Waals surface area contributed by atoms with Crippen molar-refractivity contribution >= 4 is 0 Å². The Kier molecular flexibility index (Phi) is 5.08. The Hall–Kier alpha value is -1.02. The molecule has 0 aromatic heterocycles. The molecule has 1 fully saturated rings. The minimum atomic E-state index is 0.828. The topological polar surface area (TPSA) is 12.5 Å². The third-order valence-corrected chi connectivity index (χ3v) is 2.19. The van der Waals surface area contributed by atoms with Gasteiger partial charge in [0.15, 0.2) is 0 Å². The number of hydrogen-bond acceptors (Lipinski definition) is 2. The van der Waals surface area contributed by atoms with E-state index in [9.17, 15) is 0 Å². The van der Waals surface area contributed by atoms with Gasteiger partial charge in [0.05, 0.1) is 13.2 Å². The Morgan fingerprint density at radius 2 is 2.14 bits per heavy atom. The molecule has 1 rings (SSSR count). The molecule has 0 atom stereocenters. The van der Waals surface area contributed by atoms with Crippen LogP contribution in [0, 0.1) is 0 Å². The van der Waals surface area contributed by atoms with Gasteiger partial charge >= 0.3 is 0 Å². The fraction of sp³-hybridized carbons (Fsp3) is 0.500. The first-order valence-electron chi connectivity index (χ1n) is 5.20. The van der Waals surface area contributed by atoms with Gasteiger partial charge in [-0.2, -0.15) is 0 Å². The fourth-order valence-electron chi connectivity index (χ4n) is 1.45. The minimum absolute atomic E-state index is 0.828. The molecule has 1 heterocycles. The van der Waals surface area contributed by atoms with E-state index in [1.165, 1.54) is 5.70 Å². The average molecular weight is 193 g/mol. The highest BCUT2D eigenvalue weighted by Gasteiger charge is 2.10. The first-order chi connectivity index (χ1) is 6.88. The van der Waals surface area contributed by atoms with E-state index in [0.717, 1.165) is 32.7 Å².